The molecular weight excluding hydrogens is 438 g/mol. The number of allylic oxidation sites excluding steroid dienone is 2. The standard InChI is InChI=1S/C21H17N3O3S3/c1-11-17(20(25)26-2)18(13(8-22)19(23)27-11)16-7-12(9-28-16)10-29-21-24-14-5-3-4-6-15(14)30-21/h3-7,9,18H,10,23H2,1-2H3/t18-/m1/s1. The molecule has 1 aromatic carbocycles. The quantitative estimate of drug-likeness (QED) is 0.431. The van der Waals surface area contributed by atoms with Gasteiger partial charge < -0.3 is 15.2 Å². The van der Waals surface area contributed by atoms with Crippen LogP contribution in [0.5, 0.6) is 0 Å². The van der Waals surface area contributed by atoms with Gasteiger partial charge in [0.15, 0.2) is 4.34 Å². The van der Waals surface area contributed by atoms with Crippen molar-refractivity contribution in [2.45, 2.75) is 22.9 Å². The lowest BCUT2D eigenvalue weighted by atomic mass is 9.87. The zero-order valence-electron chi connectivity index (χ0n) is 16.2. The lowest BCUT2D eigenvalue weighted by molar-refractivity contribution is -0.136. The molecule has 2 N–H and O–H groups in total. The van der Waals surface area contributed by atoms with E-state index in [9.17, 15) is 10.1 Å². The molecule has 9 heteroatoms. The fraction of sp³-hybridized carbons (Fsp3) is 0.190. The van der Waals surface area contributed by atoms with Crippen molar-refractivity contribution in [1.29, 1.82) is 5.26 Å². The number of fused-ring (bicyclic) bond motifs is 1. The van der Waals surface area contributed by atoms with Crippen molar-refractivity contribution in [3.8, 4) is 6.07 Å². The van der Waals surface area contributed by atoms with Gasteiger partial charge >= 0.3 is 5.97 Å². The van der Waals surface area contributed by atoms with E-state index in [4.69, 9.17) is 15.2 Å². The van der Waals surface area contributed by atoms with E-state index >= 15 is 0 Å². The van der Waals surface area contributed by atoms with Crippen LogP contribution >= 0.6 is 34.4 Å². The smallest absolute Gasteiger partial charge is 0.338 e. The van der Waals surface area contributed by atoms with Crippen LogP contribution in [0.4, 0.5) is 0 Å². The molecule has 0 spiro atoms. The van der Waals surface area contributed by atoms with E-state index in [-0.39, 0.29) is 11.5 Å². The molecule has 0 fully saturated rings. The van der Waals surface area contributed by atoms with E-state index < -0.39 is 11.9 Å². The van der Waals surface area contributed by atoms with Gasteiger partial charge in [0.1, 0.15) is 17.4 Å². The second-order valence-electron chi connectivity index (χ2n) is 6.48. The first kappa shape index (κ1) is 20.5. The maximum atomic E-state index is 12.4. The van der Waals surface area contributed by atoms with Crippen LogP contribution in [0.15, 0.2) is 62.8 Å². The van der Waals surface area contributed by atoms with Crippen molar-refractivity contribution in [1.82, 2.24) is 4.98 Å². The summed E-state index contributed by atoms with van der Waals surface area (Å²) in [4.78, 5) is 17.9. The minimum Gasteiger partial charge on any atom is -0.466 e. The molecule has 0 radical (unpaired) electrons. The largest absolute Gasteiger partial charge is 0.466 e. The van der Waals surface area contributed by atoms with Crippen molar-refractivity contribution in [3.05, 3.63) is 68.9 Å². The predicted molar refractivity (Wildman–Crippen MR) is 119 cm³/mol. The monoisotopic (exact) mass is 455 g/mol. The number of methoxy groups -OCH3 is 1. The molecule has 1 aliphatic rings. The van der Waals surface area contributed by atoms with Gasteiger partial charge in [-0.1, -0.05) is 23.9 Å². The normalized spacial score (nSPS) is 16.5. The molecule has 1 aliphatic heterocycles. The molecule has 152 valence electrons. The number of carbonyl (C=O) groups excluding carboxylic acids is 1. The highest BCUT2D eigenvalue weighted by Gasteiger charge is 2.36. The first-order valence-electron chi connectivity index (χ1n) is 8.94. The lowest BCUT2D eigenvalue weighted by Gasteiger charge is -2.25. The number of benzene rings is 1. The Kier molecular flexibility index (Phi) is 5.81. The number of thiazole rings is 1. The highest BCUT2D eigenvalue weighted by molar-refractivity contribution is 8.00. The zero-order valence-corrected chi connectivity index (χ0v) is 18.6. The second-order valence-corrected chi connectivity index (χ2v) is 9.68. The maximum absolute atomic E-state index is 12.4. The Morgan fingerprint density at radius 3 is 2.97 bits per heavy atom. The first-order chi connectivity index (χ1) is 14.5. The number of nitrogens with zero attached hydrogens (tertiary/aromatic N) is 2. The SMILES string of the molecule is COC(=O)C1=C(C)OC(N)=C(C#N)[C@@H]1c1cc(CSc2nc3ccccc3s2)cs1. The van der Waals surface area contributed by atoms with Gasteiger partial charge in [0.05, 0.1) is 28.8 Å². The lowest BCUT2D eigenvalue weighted by Crippen LogP contribution is -2.24. The predicted octanol–water partition coefficient (Wildman–Crippen LogP) is 4.90. The number of hydrogen-bond acceptors (Lipinski definition) is 9. The van der Waals surface area contributed by atoms with Crippen LogP contribution < -0.4 is 5.73 Å². The topological polar surface area (TPSA) is 98.2 Å². The fourth-order valence-electron chi connectivity index (χ4n) is 3.22. The van der Waals surface area contributed by atoms with Crippen LogP contribution in [0, 0.1) is 11.3 Å². The summed E-state index contributed by atoms with van der Waals surface area (Å²) in [6.07, 6.45) is 0. The molecular formula is C21H17N3O3S3. The molecule has 0 amide bonds. The van der Waals surface area contributed by atoms with Crippen molar-refractivity contribution in [2.24, 2.45) is 5.73 Å². The highest BCUT2D eigenvalue weighted by atomic mass is 32.2. The van der Waals surface area contributed by atoms with Gasteiger partial charge in [0.2, 0.25) is 5.88 Å². The number of hydrogen-bond donors (Lipinski definition) is 1. The van der Waals surface area contributed by atoms with E-state index in [1.807, 2.05) is 29.6 Å². The molecule has 4 rings (SSSR count). The van der Waals surface area contributed by atoms with Gasteiger partial charge in [-0.3, -0.25) is 0 Å². The fourth-order valence-corrected chi connectivity index (χ4v) is 6.35. The van der Waals surface area contributed by atoms with E-state index in [2.05, 4.69) is 17.1 Å². The van der Waals surface area contributed by atoms with Gasteiger partial charge in [0.25, 0.3) is 0 Å². The molecule has 2 aromatic heterocycles. The third-order valence-corrected chi connectivity index (χ3v) is 7.90. The minimum absolute atomic E-state index is 0.0199. The van der Waals surface area contributed by atoms with Crippen molar-refractivity contribution < 1.29 is 14.3 Å². The number of esters is 1. The number of rotatable bonds is 5. The van der Waals surface area contributed by atoms with Crippen LogP contribution in [0.2, 0.25) is 0 Å². The number of carbonyl (C=O) groups is 1. The molecule has 0 bridgehead atoms. The Bertz CT molecular complexity index is 1200. The number of para-hydroxylation sites is 1. The Hall–Kier alpha value is -2.80. The molecule has 0 saturated heterocycles. The van der Waals surface area contributed by atoms with E-state index in [1.165, 1.54) is 18.4 Å². The summed E-state index contributed by atoms with van der Waals surface area (Å²) in [6.45, 7) is 1.65. The van der Waals surface area contributed by atoms with Crippen molar-refractivity contribution in [3.63, 3.8) is 0 Å². The van der Waals surface area contributed by atoms with Gasteiger partial charge in [-0.2, -0.15) is 5.26 Å². The molecule has 0 aliphatic carbocycles. The van der Waals surface area contributed by atoms with Crippen LogP contribution in [0.25, 0.3) is 10.2 Å². The van der Waals surface area contributed by atoms with Crippen LogP contribution in [-0.2, 0) is 20.0 Å². The Morgan fingerprint density at radius 2 is 2.23 bits per heavy atom. The second kappa shape index (κ2) is 8.52. The Balaban J connectivity index is 1.59. The van der Waals surface area contributed by atoms with Crippen LogP contribution in [-0.4, -0.2) is 18.1 Å². The van der Waals surface area contributed by atoms with E-state index in [0.29, 0.717) is 11.3 Å². The number of nitriles is 1. The van der Waals surface area contributed by atoms with Crippen LogP contribution in [0.1, 0.15) is 23.3 Å². The highest BCUT2D eigenvalue weighted by Crippen LogP contribution is 2.42. The molecule has 3 heterocycles. The van der Waals surface area contributed by atoms with Gasteiger partial charge in [-0.15, -0.1) is 22.7 Å². The third kappa shape index (κ3) is 3.81. The number of aromatic nitrogens is 1. The summed E-state index contributed by atoms with van der Waals surface area (Å²) in [5.41, 5.74) is 8.54. The third-order valence-electron chi connectivity index (χ3n) is 4.61. The number of thiophene rings is 1. The van der Waals surface area contributed by atoms with Gasteiger partial charge in [-0.05, 0) is 36.1 Å². The summed E-state index contributed by atoms with van der Waals surface area (Å²) in [5.74, 6) is -0.0239. The number of ether oxygens (including phenoxy) is 2. The van der Waals surface area contributed by atoms with Gasteiger partial charge in [-0.25, -0.2) is 9.78 Å². The summed E-state index contributed by atoms with van der Waals surface area (Å²) < 4.78 is 12.5. The molecule has 0 unspecified atom stereocenters. The maximum Gasteiger partial charge on any atom is 0.338 e. The molecule has 3 aromatic rings. The van der Waals surface area contributed by atoms with E-state index in [0.717, 1.165) is 30.7 Å². The van der Waals surface area contributed by atoms with Crippen LogP contribution in [0.3, 0.4) is 0 Å². The van der Waals surface area contributed by atoms with E-state index in [1.54, 1.807) is 30.0 Å². The zero-order chi connectivity index (χ0) is 21.3. The minimum atomic E-state index is -0.595. The summed E-state index contributed by atoms with van der Waals surface area (Å²) in [7, 11) is 1.31. The average molecular weight is 456 g/mol. The van der Waals surface area contributed by atoms with Crippen molar-refractivity contribution >= 4 is 50.6 Å². The van der Waals surface area contributed by atoms with Crippen molar-refractivity contribution in [2.75, 3.05) is 7.11 Å². The molecule has 30 heavy (non-hydrogen) atoms. The first-order valence-corrected chi connectivity index (χ1v) is 11.6. The summed E-state index contributed by atoms with van der Waals surface area (Å²) >= 11 is 4.81. The average Bonchev–Trinajstić information content (AvgIpc) is 3.37. The number of nitrogens with two attached hydrogens (primary N) is 1. The van der Waals surface area contributed by atoms with Gasteiger partial charge in [0, 0.05) is 10.6 Å². The Labute approximate surface area is 185 Å². The number of thioether (sulfide) groups is 1. The molecule has 0 saturated carbocycles. The summed E-state index contributed by atoms with van der Waals surface area (Å²) in [5, 5.41) is 11.7. The molecule has 1 atom stereocenters. The molecule has 6 nitrogen and oxygen atoms in total. The Morgan fingerprint density at radius 1 is 1.43 bits per heavy atom. The summed E-state index contributed by atoms with van der Waals surface area (Å²) in [6, 6.07) is 12.2.